The van der Waals surface area contributed by atoms with Gasteiger partial charge in [0.25, 0.3) is 0 Å². The molecule has 4 nitrogen and oxygen atoms in total. The third-order valence-corrected chi connectivity index (χ3v) is 10.7. The predicted molar refractivity (Wildman–Crippen MR) is 248 cm³/mol. The van der Waals surface area contributed by atoms with E-state index >= 15 is 0 Å². The van der Waals surface area contributed by atoms with Crippen LogP contribution in [-0.4, -0.2) is 34.9 Å². The minimum absolute atomic E-state index is 0.0665. The van der Waals surface area contributed by atoms with Crippen molar-refractivity contribution in [2.24, 2.45) is 0 Å². The molecule has 324 valence electrons. The van der Waals surface area contributed by atoms with Crippen LogP contribution in [0.25, 0.3) is 0 Å². The summed E-state index contributed by atoms with van der Waals surface area (Å²) in [5.41, 5.74) is 0. The van der Waals surface area contributed by atoms with Gasteiger partial charge in [-0.2, -0.15) is 0 Å². The molecule has 0 rings (SSSR count). The highest BCUT2D eigenvalue weighted by Gasteiger charge is 2.17. The number of rotatable bonds is 43. The van der Waals surface area contributed by atoms with Crippen molar-refractivity contribution in [2.45, 2.75) is 244 Å². The zero-order chi connectivity index (χ0) is 40.7. The van der Waals surface area contributed by atoms with Crippen LogP contribution in [0.2, 0.25) is 0 Å². The number of allylic oxidation sites excluding steroid dienone is 11. The van der Waals surface area contributed by atoms with E-state index in [1.807, 2.05) is 6.08 Å². The Hall–Kier alpha value is -2.17. The Bertz CT molecular complexity index is 977. The van der Waals surface area contributed by atoms with Crippen LogP contribution in [-0.2, 0) is 4.79 Å². The molecule has 1 amide bonds. The van der Waals surface area contributed by atoms with Gasteiger partial charge in [-0.15, -0.1) is 0 Å². The van der Waals surface area contributed by atoms with E-state index in [0.717, 1.165) is 57.8 Å². The zero-order valence-corrected chi connectivity index (χ0v) is 37.1. The summed E-state index contributed by atoms with van der Waals surface area (Å²) in [7, 11) is 0. The van der Waals surface area contributed by atoms with Crippen LogP contribution in [0.5, 0.6) is 0 Å². The Kier molecular flexibility index (Phi) is 45.4. The molecular formula is C52H93NO3. The van der Waals surface area contributed by atoms with Crippen molar-refractivity contribution in [3.63, 3.8) is 0 Å². The van der Waals surface area contributed by atoms with Crippen molar-refractivity contribution >= 4 is 5.91 Å². The third kappa shape index (κ3) is 43.0. The van der Waals surface area contributed by atoms with E-state index in [9.17, 15) is 15.0 Å². The van der Waals surface area contributed by atoms with Crippen molar-refractivity contribution in [3.05, 3.63) is 72.9 Å². The Morgan fingerprint density at radius 3 is 1.18 bits per heavy atom. The molecule has 0 fully saturated rings. The maximum atomic E-state index is 12.4. The minimum atomic E-state index is -0.840. The van der Waals surface area contributed by atoms with Crippen molar-refractivity contribution in [1.82, 2.24) is 5.32 Å². The first kappa shape index (κ1) is 53.8. The summed E-state index contributed by atoms with van der Waals surface area (Å²) < 4.78 is 0. The van der Waals surface area contributed by atoms with E-state index in [1.165, 1.54) is 154 Å². The van der Waals surface area contributed by atoms with Gasteiger partial charge in [-0.3, -0.25) is 4.79 Å². The predicted octanol–water partition coefficient (Wildman–Crippen LogP) is 15.5. The lowest BCUT2D eigenvalue weighted by Crippen LogP contribution is -2.45. The molecule has 3 N–H and O–H groups in total. The first-order valence-electron chi connectivity index (χ1n) is 24.2. The van der Waals surface area contributed by atoms with Crippen LogP contribution in [0.4, 0.5) is 0 Å². The molecule has 0 heterocycles. The van der Waals surface area contributed by atoms with E-state index in [-0.39, 0.29) is 12.5 Å². The number of hydrogen-bond donors (Lipinski definition) is 3. The highest BCUT2D eigenvalue weighted by molar-refractivity contribution is 5.76. The Balaban J connectivity index is 3.51. The molecule has 0 aliphatic rings. The lowest BCUT2D eigenvalue weighted by atomic mass is 10.0. The molecule has 56 heavy (non-hydrogen) atoms. The number of unbranched alkanes of at least 4 members (excludes halogenated alkanes) is 26. The summed E-state index contributed by atoms with van der Waals surface area (Å²) in [6.07, 6.45) is 67.4. The van der Waals surface area contributed by atoms with E-state index in [4.69, 9.17) is 0 Å². The number of aliphatic hydroxyl groups excluding tert-OH is 2. The Morgan fingerprint density at radius 2 is 0.786 bits per heavy atom. The molecule has 4 heteroatoms. The van der Waals surface area contributed by atoms with Gasteiger partial charge < -0.3 is 15.5 Å². The second-order valence-corrected chi connectivity index (χ2v) is 16.1. The molecule has 0 saturated heterocycles. The summed E-state index contributed by atoms with van der Waals surface area (Å²) in [6.45, 7) is 4.19. The zero-order valence-electron chi connectivity index (χ0n) is 37.1. The molecule has 0 aliphatic heterocycles. The molecule has 0 aromatic rings. The fourth-order valence-corrected chi connectivity index (χ4v) is 7.03. The second kappa shape index (κ2) is 47.2. The van der Waals surface area contributed by atoms with Crippen LogP contribution >= 0.6 is 0 Å². The molecule has 2 atom stereocenters. The molecule has 0 aromatic carbocycles. The van der Waals surface area contributed by atoms with Crippen LogP contribution in [0.1, 0.15) is 232 Å². The van der Waals surface area contributed by atoms with Crippen LogP contribution in [0.3, 0.4) is 0 Å². The van der Waals surface area contributed by atoms with Gasteiger partial charge in [-0.05, 0) is 64.2 Å². The standard InChI is InChI=1S/C52H93NO3/c1-3-5-7-9-11-13-15-17-18-19-20-21-22-23-24-25-26-27-28-29-30-31-32-33-34-36-38-40-42-44-46-48-52(56)53-50(49-54)51(55)47-45-43-41-39-37-35-16-14-12-10-8-6-4-2/h5,7,11,13,17-18,20-21,23-24,45,47,50-51,54-55H,3-4,6,8-10,12,14-16,19,22,25-44,46,48-49H2,1-2H3,(H,53,56)/b7-5-,13-11-,18-17-,21-20-,24-23-,47-45+. The molecule has 0 aliphatic carbocycles. The van der Waals surface area contributed by atoms with Gasteiger partial charge in [0.2, 0.25) is 5.91 Å². The van der Waals surface area contributed by atoms with E-state index in [0.29, 0.717) is 6.42 Å². The monoisotopic (exact) mass is 780 g/mol. The average molecular weight is 780 g/mol. The average Bonchev–Trinajstić information content (AvgIpc) is 3.20. The van der Waals surface area contributed by atoms with Crippen molar-refractivity contribution in [2.75, 3.05) is 6.61 Å². The topological polar surface area (TPSA) is 69.6 Å². The van der Waals surface area contributed by atoms with Gasteiger partial charge in [0.1, 0.15) is 0 Å². The minimum Gasteiger partial charge on any atom is -0.394 e. The maximum Gasteiger partial charge on any atom is 0.220 e. The molecule has 0 bridgehead atoms. The number of hydrogen-bond acceptors (Lipinski definition) is 3. The van der Waals surface area contributed by atoms with E-state index < -0.39 is 12.1 Å². The van der Waals surface area contributed by atoms with Crippen LogP contribution < -0.4 is 5.32 Å². The van der Waals surface area contributed by atoms with Crippen LogP contribution in [0, 0.1) is 0 Å². The van der Waals surface area contributed by atoms with Gasteiger partial charge in [0.15, 0.2) is 0 Å². The molecule has 0 spiro atoms. The van der Waals surface area contributed by atoms with Crippen molar-refractivity contribution in [1.29, 1.82) is 0 Å². The summed E-state index contributed by atoms with van der Waals surface area (Å²) in [6, 6.07) is -0.623. The lowest BCUT2D eigenvalue weighted by Gasteiger charge is -2.20. The van der Waals surface area contributed by atoms with Gasteiger partial charge in [0, 0.05) is 6.42 Å². The first-order valence-corrected chi connectivity index (χ1v) is 24.2. The van der Waals surface area contributed by atoms with Crippen LogP contribution in [0.15, 0.2) is 72.9 Å². The SMILES string of the molecule is CC/C=C\C/C=C\C/C=C\C/C=C\C/C=C\CCCCCCCCCCCCCCCCCC(=O)NC(CO)C(O)/C=C/CCCCCCCCCCCCC. The highest BCUT2D eigenvalue weighted by Crippen LogP contribution is 2.15. The normalized spacial score (nSPS) is 13.6. The second-order valence-electron chi connectivity index (χ2n) is 16.1. The molecule has 0 aromatic heterocycles. The summed E-state index contributed by atoms with van der Waals surface area (Å²) in [4.78, 5) is 12.4. The number of carbonyl (C=O) groups is 1. The van der Waals surface area contributed by atoms with E-state index in [1.54, 1.807) is 6.08 Å². The fourth-order valence-electron chi connectivity index (χ4n) is 7.03. The van der Waals surface area contributed by atoms with Crippen molar-refractivity contribution in [3.8, 4) is 0 Å². The largest absolute Gasteiger partial charge is 0.394 e. The number of nitrogens with one attached hydrogen (secondary N) is 1. The smallest absolute Gasteiger partial charge is 0.220 e. The van der Waals surface area contributed by atoms with Gasteiger partial charge in [-0.1, -0.05) is 234 Å². The fraction of sp³-hybridized carbons (Fsp3) is 0.750. The number of aliphatic hydroxyl groups is 2. The highest BCUT2D eigenvalue weighted by atomic mass is 16.3. The maximum absolute atomic E-state index is 12.4. The van der Waals surface area contributed by atoms with E-state index in [2.05, 4.69) is 79.9 Å². The Labute approximate surface area is 349 Å². The van der Waals surface area contributed by atoms with Gasteiger partial charge in [-0.25, -0.2) is 0 Å². The summed E-state index contributed by atoms with van der Waals surface area (Å²) in [5.74, 6) is -0.0665. The lowest BCUT2D eigenvalue weighted by molar-refractivity contribution is -0.123. The van der Waals surface area contributed by atoms with Gasteiger partial charge in [0.05, 0.1) is 18.8 Å². The summed E-state index contributed by atoms with van der Waals surface area (Å²) in [5, 5.41) is 23.0. The molecule has 0 radical (unpaired) electrons. The molecule has 0 saturated carbocycles. The first-order chi connectivity index (χ1) is 27.7. The number of carbonyl (C=O) groups excluding carboxylic acids is 1. The molecular weight excluding hydrogens is 687 g/mol. The quantitative estimate of drug-likeness (QED) is 0.0426. The van der Waals surface area contributed by atoms with Crippen molar-refractivity contribution < 1.29 is 15.0 Å². The van der Waals surface area contributed by atoms with Gasteiger partial charge >= 0.3 is 0 Å². The third-order valence-electron chi connectivity index (χ3n) is 10.7. The number of amides is 1. The summed E-state index contributed by atoms with van der Waals surface area (Å²) >= 11 is 0. The molecule has 2 unspecified atom stereocenters. The Morgan fingerprint density at radius 1 is 0.446 bits per heavy atom.